The van der Waals surface area contributed by atoms with Crippen LogP contribution < -0.4 is 10.1 Å². The summed E-state index contributed by atoms with van der Waals surface area (Å²) in [6, 6.07) is 15.9. The third kappa shape index (κ3) is 2.10. The maximum Gasteiger partial charge on any atom is 0.122 e. The standard InChI is InChI=1S/C18H19NO/c1-2-4-16-15(3-1)12-19-17(16)7-5-13-6-8-18-14(11-13)9-10-20-18/h1-4,6,8,11,17,19H,5,7,9-10,12H2. The molecular weight excluding hydrogens is 246 g/mol. The van der Waals surface area contributed by atoms with Crippen LogP contribution in [0.2, 0.25) is 0 Å². The summed E-state index contributed by atoms with van der Waals surface area (Å²) in [6.45, 7) is 1.86. The summed E-state index contributed by atoms with van der Waals surface area (Å²) in [7, 11) is 0. The van der Waals surface area contributed by atoms with Crippen molar-refractivity contribution in [2.24, 2.45) is 0 Å². The van der Waals surface area contributed by atoms with E-state index < -0.39 is 0 Å². The fourth-order valence-corrected chi connectivity index (χ4v) is 3.34. The molecule has 2 aliphatic rings. The fourth-order valence-electron chi connectivity index (χ4n) is 3.34. The van der Waals surface area contributed by atoms with E-state index in [0.29, 0.717) is 6.04 Å². The van der Waals surface area contributed by atoms with Crippen molar-refractivity contribution in [2.45, 2.75) is 31.8 Å². The lowest BCUT2D eigenvalue weighted by Crippen LogP contribution is -2.12. The Kier molecular flexibility index (Phi) is 2.96. The molecule has 1 atom stereocenters. The number of hydrogen-bond donors (Lipinski definition) is 1. The molecule has 0 saturated carbocycles. The summed E-state index contributed by atoms with van der Waals surface area (Å²) >= 11 is 0. The molecule has 2 heteroatoms. The van der Waals surface area contributed by atoms with E-state index in [2.05, 4.69) is 47.8 Å². The third-order valence-electron chi connectivity index (χ3n) is 4.44. The highest BCUT2D eigenvalue weighted by molar-refractivity contribution is 5.40. The number of ether oxygens (including phenoxy) is 1. The maximum atomic E-state index is 5.57. The summed E-state index contributed by atoms with van der Waals surface area (Å²) in [5.74, 6) is 1.08. The minimum Gasteiger partial charge on any atom is -0.493 e. The Bertz CT molecular complexity index is 635. The van der Waals surface area contributed by atoms with Crippen molar-refractivity contribution in [1.29, 1.82) is 0 Å². The Labute approximate surface area is 119 Å². The molecule has 2 aliphatic heterocycles. The summed E-state index contributed by atoms with van der Waals surface area (Å²) < 4.78 is 5.57. The molecule has 0 fully saturated rings. The molecule has 2 aromatic carbocycles. The van der Waals surface area contributed by atoms with Crippen molar-refractivity contribution in [1.82, 2.24) is 5.32 Å². The van der Waals surface area contributed by atoms with Gasteiger partial charge in [0.2, 0.25) is 0 Å². The Morgan fingerprint density at radius 1 is 1.10 bits per heavy atom. The summed E-state index contributed by atoms with van der Waals surface area (Å²) in [5.41, 5.74) is 5.75. The number of nitrogens with one attached hydrogen (secondary N) is 1. The molecule has 0 radical (unpaired) electrons. The van der Waals surface area contributed by atoms with Gasteiger partial charge in [0.25, 0.3) is 0 Å². The van der Waals surface area contributed by atoms with E-state index in [1.807, 2.05) is 0 Å². The van der Waals surface area contributed by atoms with Crippen molar-refractivity contribution in [3.05, 3.63) is 64.7 Å². The molecule has 0 bridgehead atoms. The van der Waals surface area contributed by atoms with E-state index in [-0.39, 0.29) is 0 Å². The lowest BCUT2D eigenvalue weighted by molar-refractivity contribution is 0.357. The normalized spacial score (nSPS) is 19.5. The molecule has 2 nitrogen and oxygen atoms in total. The van der Waals surface area contributed by atoms with E-state index in [9.17, 15) is 0 Å². The highest BCUT2D eigenvalue weighted by Crippen LogP contribution is 2.30. The molecule has 2 heterocycles. The van der Waals surface area contributed by atoms with Gasteiger partial charge in [-0.05, 0) is 41.2 Å². The predicted octanol–water partition coefficient (Wildman–Crippen LogP) is 3.40. The van der Waals surface area contributed by atoms with Gasteiger partial charge in [-0.1, -0.05) is 36.4 Å². The lowest BCUT2D eigenvalue weighted by atomic mass is 9.98. The number of benzene rings is 2. The number of aryl methyl sites for hydroxylation is 1. The van der Waals surface area contributed by atoms with Gasteiger partial charge in [0, 0.05) is 19.0 Å². The zero-order chi connectivity index (χ0) is 13.4. The third-order valence-corrected chi connectivity index (χ3v) is 4.44. The lowest BCUT2D eigenvalue weighted by Gasteiger charge is -2.12. The maximum absolute atomic E-state index is 5.57. The van der Waals surface area contributed by atoms with Gasteiger partial charge in [-0.2, -0.15) is 0 Å². The van der Waals surface area contributed by atoms with Crippen LogP contribution in [0.3, 0.4) is 0 Å². The number of rotatable bonds is 3. The Balaban J connectivity index is 1.46. The first kappa shape index (κ1) is 12.0. The van der Waals surface area contributed by atoms with Gasteiger partial charge in [-0.15, -0.1) is 0 Å². The quantitative estimate of drug-likeness (QED) is 0.918. The number of hydrogen-bond acceptors (Lipinski definition) is 2. The van der Waals surface area contributed by atoms with E-state index in [4.69, 9.17) is 4.74 Å². The van der Waals surface area contributed by atoms with Crippen LogP contribution in [0, 0.1) is 0 Å². The summed E-state index contributed by atoms with van der Waals surface area (Å²) in [4.78, 5) is 0. The largest absolute Gasteiger partial charge is 0.493 e. The van der Waals surface area contributed by atoms with Gasteiger partial charge >= 0.3 is 0 Å². The monoisotopic (exact) mass is 265 g/mol. The van der Waals surface area contributed by atoms with E-state index in [0.717, 1.165) is 38.2 Å². The first-order valence-electron chi connectivity index (χ1n) is 7.46. The van der Waals surface area contributed by atoms with Crippen molar-refractivity contribution < 1.29 is 4.74 Å². The molecule has 0 saturated heterocycles. The van der Waals surface area contributed by atoms with Crippen LogP contribution >= 0.6 is 0 Å². The van der Waals surface area contributed by atoms with E-state index in [1.54, 1.807) is 0 Å². The van der Waals surface area contributed by atoms with Crippen LogP contribution in [0.5, 0.6) is 5.75 Å². The summed E-state index contributed by atoms with van der Waals surface area (Å²) in [5, 5.41) is 3.62. The second kappa shape index (κ2) is 4.95. The Morgan fingerprint density at radius 2 is 2.05 bits per heavy atom. The summed E-state index contributed by atoms with van der Waals surface area (Å²) in [6.07, 6.45) is 3.35. The van der Waals surface area contributed by atoms with Crippen LogP contribution in [0.25, 0.3) is 0 Å². The van der Waals surface area contributed by atoms with Crippen molar-refractivity contribution in [3.8, 4) is 5.75 Å². The molecule has 4 rings (SSSR count). The minimum atomic E-state index is 0.510. The molecule has 0 aliphatic carbocycles. The Morgan fingerprint density at radius 3 is 3.05 bits per heavy atom. The average Bonchev–Trinajstić information content (AvgIpc) is 3.11. The van der Waals surface area contributed by atoms with E-state index >= 15 is 0 Å². The molecule has 0 aromatic heterocycles. The first-order valence-corrected chi connectivity index (χ1v) is 7.46. The van der Waals surface area contributed by atoms with E-state index in [1.165, 1.54) is 22.3 Å². The fraction of sp³-hybridized carbons (Fsp3) is 0.333. The zero-order valence-electron chi connectivity index (χ0n) is 11.6. The van der Waals surface area contributed by atoms with Crippen molar-refractivity contribution >= 4 is 0 Å². The van der Waals surface area contributed by atoms with Crippen LogP contribution in [0.1, 0.15) is 34.7 Å². The molecule has 2 aromatic rings. The van der Waals surface area contributed by atoms with Gasteiger partial charge < -0.3 is 10.1 Å². The highest BCUT2D eigenvalue weighted by atomic mass is 16.5. The molecule has 0 amide bonds. The highest BCUT2D eigenvalue weighted by Gasteiger charge is 2.21. The molecular formula is C18H19NO. The number of fused-ring (bicyclic) bond motifs is 2. The Hall–Kier alpha value is -1.80. The van der Waals surface area contributed by atoms with Gasteiger partial charge in [-0.3, -0.25) is 0 Å². The van der Waals surface area contributed by atoms with Gasteiger partial charge in [0.1, 0.15) is 5.75 Å². The van der Waals surface area contributed by atoms with Crippen LogP contribution in [0.4, 0.5) is 0 Å². The van der Waals surface area contributed by atoms with Crippen LogP contribution in [-0.4, -0.2) is 6.61 Å². The molecule has 20 heavy (non-hydrogen) atoms. The van der Waals surface area contributed by atoms with Crippen molar-refractivity contribution in [3.63, 3.8) is 0 Å². The average molecular weight is 265 g/mol. The van der Waals surface area contributed by atoms with Gasteiger partial charge in [0.15, 0.2) is 0 Å². The molecule has 0 spiro atoms. The molecule has 1 unspecified atom stereocenters. The minimum absolute atomic E-state index is 0.510. The second-order valence-electron chi connectivity index (χ2n) is 5.71. The zero-order valence-corrected chi connectivity index (χ0v) is 11.6. The smallest absolute Gasteiger partial charge is 0.122 e. The van der Waals surface area contributed by atoms with Crippen molar-refractivity contribution in [2.75, 3.05) is 6.61 Å². The van der Waals surface area contributed by atoms with Gasteiger partial charge in [0.05, 0.1) is 6.61 Å². The SMILES string of the molecule is c1ccc2c(c1)CNC2CCc1ccc2c(c1)CCO2. The molecule has 1 N–H and O–H groups in total. The van der Waals surface area contributed by atoms with Crippen LogP contribution in [0.15, 0.2) is 42.5 Å². The second-order valence-corrected chi connectivity index (χ2v) is 5.71. The van der Waals surface area contributed by atoms with Crippen LogP contribution in [-0.2, 0) is 19.4 Å². The van der Waals surface area contributed by atoms with Gasteiger partial charge in [-0.25, -0.2) is 0 Å². The predicted molar refractivity (Wildman–Crippen MR) is 80.0 cm³/mol. The first-order chi connectivity index (χ1) is 9.90. The topological polar surface area (TPSA) is 21.3 Å². The molecule has 102 valence electrons.